The van der Waals surface area contributed by atoms with Gasteiger partial charge in [0.2, 0.25) is 5.88 Å². The molecule has 4 heteroatoms. The minimum absolute atomic E-state index is 0.447. The van der Waals surface area contributed by atoms with Crippen molar-refractivity contribution in [1.29, 1.82) is 0 Å². The summed E-state index contributed by atoms with van der Waals surface area (Å²) in [7, 11) is 1.60. The maximum atomic E-state index is 5.80. The highest BCUT2D eigenvalue weighted by Gasteiger charge is 2.12. The molecule has 0 saturated carbocycles. The van der Waals surface area contributed by atoms with Crippen LogP contribution >= 0.6 is 11.6 Å². The SMILES string of the molecule is COc1nc(Cl)ccc1C1=CCOCC1. The van der Waals surface area contributed by atoms with Gasteiger partial charge in [0.15, 0.2) is 0 Å². The van der Waals surface area contributed by atoms with Crippen molar-refractivity contribution >= 4 is 17.2 Å². The minimum atomic E-state index is 0.447. The molecule has 0 unspecified atom stereocenters. The molecule has 1 aliphatic rings. The summed E-state index contributed by atoms with van der Waals surface area (Å²) in [6.07, 6.45) is 2.94. The molecule has 0 atom stereocenters. The van der Waals surface area contributed by atoms with E-state index in [9.17, 15) is 0 Å². The van der Waals surface area contributed by atoms with Gasteiger partial charge in [0.25, 0.3) is 0 Å². The number of halogens is 1. The lowest BCUT2D eigenvalue weighted by Crippen LogP contribution is -2.05. The van der Waals surface area contributed by atoms with Crippen molar-refractivity contribution in [2.45, 2.75) is 6.42 Å². The molecule has 15 heavy (non-hydrogen) atoms. The van der Waals surface area contributed by atoms with E-state index in [1.54, 1.807) is 13.2 Å². The Morgan fingerprint density at radius 1 is 1.47 bits per heavy atom. The first-order valence-corrected chi connectivity index (χ1v) is 5.17. The summed E-state index contributed by atoms with van der Waals surface area (Å²) >= 11 is 5.80. The highest BCUT2D eigenvalue weighted by molar-refractivity contribution is 6.29. The van der Waals surface area contributed by atoms with Crippen molar-refractivity contribution in [1.82, 2.24) is 4.98 Å². The summed E-state index contributed by atoms with van der Waals surface area (Å²) in [5.74, 6) is 0.579. The summed E-state index contributed by atoms with van der Waals surface area (Å²) in [5, 5.41) is 0.447. The zero-order valence-corrected chi connectivity index (χ0v) is 9.25. The molecule has 0 bridgehead atoms. The van der Waals surface area contributed by atoms with Gasteiger partial charge >= 0.3 is 0 Å². The molecular formula is C11H12ClNO2. The summed E-state index contributed by atoms with van der Waals surface area (Å²) < 4.78 is 10.5. The van der Waals surface area contributed by atoms with Crippen molar-refractivity contribution in [3.8, 4) is 5.88 Å². The van der Waals surface area contributed by atoms with Gasteiger partial charge in [0, 0.05) is 5.56 Å². The fraction of sp³-hybridized carbons (Fsp3) is 0.364. The van der Waals surface area contributed by atoms with E-state index < -0.39 is 0 Å². The molecular weight excluding hydrogens is 214 g/mol. The van der Waals surface area contributed by atoms with Crippen molar-refractivity contribution in [2.75, 3.05) is 20.3 Å². The van der Waals surface area contributed by atoms with Crippen LogP contribution in [0.5, 0.6) is 5.88 Å². The normalized spacial score (nSPS) is 16.0. The summed E-state index contributed by atoms with van der Waals surface area (Å²) in [6.45, 7) is 1.40. The molecule has 1 aromatic rings. The molecule has 0 N–H and O–H groups in total. The first-order valence-electron chi connectivity index (χ1n) is 4.79. The van der Waals surface area contributed by atoms with Crippen LogP contribution in [0.3, 0.4) is 0 Å². The molecule has 0 saturated heterocycles. The molecule has 0 fully saturated rings. The standard InChI is InChI=1S/C11H12ClNO2/c1-14-11-9(2-3-10(12)13-11)8-4-6-15-7-5-8/h2-4H,5-7H2,1H3. The third-order valence-electron chi connectivity index (χ3n) is 2.33. The Kier molecular flexibility index (Phi) is 3.23. The van der Waals surface area contributed by atoms with E-state index in [4.69, 9.17) is 21.1 Å². The van der Waals surface area contributed by atoms with Crippen LogP contribution in [0.15, 0.2) is 18.2 Å². The average molecular weight is 226 g/mol. The Balaban J connectivity index is 2.38. The molecule has 1 aliphatic heterocycles. The van der Waals surface area contributed by atoms with Crippen LogP contribution in [-0.2, 0) is 4.74 Å². The molecule has 0 amide bonds. The molecule has 2 rings (SSSR count). The minimum Gasteiger partial charge on any atom is -0.481 e. The van der Waals surface area contributed by atoms with Crippen LogP contribution in [0.1, 0.15) is 12.0 Å². The van der Waals surface area contributed by atoms with Gasteiger partial charge < -0.3 is 9.47 Å². The lowest BCUT2D eigenvalue weighted by molar-refractivity contribution is 0.161. The molecule has 2 heterocycles. The quantitative estimate of drug-likeness (QED) is 0.725. The fourth-order valence-corrected chi connectivity index (χ4v) is 1.73. The van der Waals surface area contributed by atoms with Crippen molar-refractivity contribution < 1.29 is 9.47 Å². The van der Waals surface area contributed by atoms with Gasteiger partial charge in [-0.15, -0.1) is 0 Å². The van der Waals surface area contributed by atoms with E-state index in [0.29, 0.717) is 17.6 Å². The van der Waals surface area contributed by atoms with Crippen LogP contribution in [0.2, 0.25) is 5.15 Å². The molecule has 0 aromatic carbocycles. The summed E-state index contributed by atoms with van der Waals surface area (Å²) in [5.41, 5.74) is 2.22. The predicted octanol–water partition coefficient (Wildman–Crippen LogP) is 2.55. The molecule has 80 valence electrons. The fourth-order valence-electron chi connectivity index (χ4n) is 1.59. The Morgan fingerprint density at radius 3 is 3.00 bits per heavy atom. The maximum absolute atomic E-state index is 5.80. The second kappa shape index (κ2) is 4.64. The van der Waals surface area contributed by atoms with Gasteiger partial charge in [-0.1, -0.05) is 17.7 Å². The monoisotopic (exact) mass is 225 g/mol. The number of ether oxygens (including phenoxy) is 2. The Labute approximate surface area is 93.7 Å². The second-order valence-corrected chi connectivity index (χ2v) is 3.63. The van der Waals surface area contributed by atoms with Crippen LogP contribution in [0, 0.1) is 0 Å². The second-order valence-electron chi connectivity index (χ2n) is 3.25. The van der Waals surface area contributed by atoms with Crippen LogP contribution in [0.4, 0.5) is 0 Å². The molecule has 0 radical (unpaired) electrons. The van der Waals surface area contributed by atoms with Gasteiger partial charge in [-0.25, -0.2) is 4.98 Å². The maximum Gasteiger partial charge on any atom is 0.222 e. The summed E-state index contributed by atoms with van der Waals surface area (Å²) in [6, 6.07) is 3.71. The number of aromatic nitrogens is 1. The number of pyridine rings is 1. The third-order valence-corrected chi connectivity index (χ3v) is 2.54. The highest BCUT2D eigenvalue weighted by atomic mass is 35.5. The highest BCUT2D eigenvalue weighted by Crippen LogP contribution is 2.29. The van der Waals surface area contributed by atoms with Gasteiger partial charge in [-0.05, 0) is 24.1 Å². The molecule has 3 nitrogen and oxygen atoms in total. The first-order chi connectivity index (χ1) is 7.31. The number of hydrogen-bond donors (Lipinski definition) is 0. The van der Waals surface area contributed by atoms with Gasteiger partial charge in [0.05, 0.1) is 20.3 Å². The van der Waals surface area contributed by atoms with Crippen LogP contribution in [0.25, 0.3) is 5.57 Å². The smallest absolute Gasteiger partial charge is 0.222 e. The van der Waals surface area contributed by atoms with Gasteiger partial charge in [-0.2, -0.15) is 0 Å². The first kappa shape index (κ1) is 10.5. The van der Waals surface area contributed by atoms with E-state index >= 15 is 0 Å². The van der Waals surface area contributed by atoms with E-state index in [1.165, 1.54) is 5.57 Å². The van der Waals surface area contributed by atoms with E-state index in [0.717, 1.165) is 18.6 Å². The summed E-state index contributed by atoms with van der Waals surface area (Å²) in [4.78, 5) is 4.13. The van der Waals surface area contributed by atoms with E-state index in [-0.39, 0.29) is 0 Å². The molecule has 1 aromatic heterocycles. The van der Waals surface area contributed by atoms with Crippen LogP contribution < -0.4 is 4.74 Å². The Morgan fingerprint density at radius 2 is 2.33 bits per heavy atom. The lowest BCUT2D eigenvalue weighted by atomic mass is 10.0. The number of hydrogen-bond acceptors (Lipinski definition) is 3. The van der Waals surface area contributed by atoms with Crippen molar-refractivity contribution in [2.24, 2.45) is 0 Å². The lowest BCUT2D eigenvalue weighted by Gasteiger charge is -2.15. The average Bonchev–Trinajstić information content (AvgIpc) is 2.30. The predicted molar refractivity (Wildman–Crippen MR) is 59.2 cm³/mol. The van der Waals surface area contributed by atoms with Crippen LogP contribution in [-0.4, -0.2) is 25.3 Å². The molecule has 0 spiro atoms. The number of rotatable bonds is 2. The van der Waals surface area contributed by atoms with E-state index in [1.807, 2.05) is 6.07 Å². The van der Waals surface area contributed by atoms with E-state index in [2.05, 4.69) is 11.1 Å². The van der Waals surface area contributed by atoms with Gasteiger partial charge in [0.1, 0.15) is 5.15 Å². The van der Waals surface area contributed by atoms with Gasteiger partial charge in [-0.3, -0.25) is 0 Å². The topological polar surface area (TPSA) is 31.4 Å². The third kappa shape index (κ3) is 2.30. The largest absolute Gasteiger partial charge is 0.481 e. The number of nitrogens with zero attached hydrogens (tertiary/aromatic N) is 1. The van der Waals surface area contributed by atoms with Crippen molar-refractivity contribution in [3.63, 3.8) is 0 Å². The zero-order valence-electron chi connectivity index (χ0n) is 8.50. The zero-order chi connectivity index (χ0) is 10.7. The van der Waals surface area contributed by atoms with Crippen molar-refractivity contribution in [3.05, 3.63) is 28.9 Å². The number of methoxy groups -OCH3 is 1. The Hall–Kier alpha value is -1.06. The Bertz CT molecular complexity index is 390. The molecule has 0 aliphatic carbocycles.